The largest absolute Gasteiger partial charge is 0.469 e. The van der Waals surface area contributed by atoms with Crippen molar-refractivity contribution in [3.05, 3.63) is 24.3 Å². The van der Waals surface area contributed by atoms with Crippen molar-refractivity contribution in [3.63, 3.8) is 0 Å². The van der Waals surface area contributed by atoms with Gasteiger partial charge in [0.15, 0.2) is 0 Å². The van der Waals surface area contributed by atoms with Crippen LogP contribution in [0.4, 0.5) is 0 Å². The molecule has 0 amide bonds. The van der Waals surface area contributed by atoms with Gasteiger partial charge in [-0.15, -0.1) is 0 Å². The number of aliphatic hydroxyl groups is 2. The Morgan fingerprint density at radius 1 is 1.23 bits per heavy atom. The van der Waals surface area contributed by atoms with E-state index in [9.17, 15) is 15.0 Å². The molecule has 26 heavy (non-hydrogen) atoms. The maximum Gasteiger partial charge on any atom is 0.305 e. The van der Waals surface area contributed by atoms with Crippen LogP contribution in [0.5, 0.6) is 0 Å². The molecule has 2 unspecified atom stereocenters. The highest BCUT2D eigenvalue weighted by Crippen LogP contribution is 2.36. The molecule has 0 radical (unpaired) electrons. The van der Waals surface area contributed by atoms with Gasteiger partial charge in [-0.1, -0.05) is 50.5 Å². The van der Waals surface area contributed by atoms with Crippen molar-refractivity contribution < 1.29 is 19.7 Å². The van der Waals surface area contributed by atoms with E-state index in [0.717, 1.165) is 57.8 Å². The minimum absolute atomic E-state index is 0.118. The molecule has 0 aromatic carbocycles. The molecule has 150 valence electrons. The Morgan fingerprint density at radius 2 is 2.00 bits per heavy atom. The molecule has 4 atom stereocenters. The average molecular weight is 367 g/mol. The molecule has 0 aliphatic heterocycles. The van der Waals surface area contributed by atoms with Crippen molar-refractivity contribution in [2.45, 2.75) is 89.8 Å². The van der Waals surface area contributed by atoms with E-state index < -0.39 is 5.60 Å². The lowest BCUT2D eigenvalue weighted by Gasteiger charge is -2.22. The topological polar surface area (TPSA) is 66.8 Å². The zero-order valence-corrected chi connectivity index (χ0v) is 16.8. The maximum absolute atomic E-state index is 11.1. The number of esters is 1. The summed E-state index contributed by atoms with van der Waals surface area (Å²) in [6.07, 6.45) is 16.9. The first kappa shape index (κ1) is 22.9. The Morgan fingerprint density at radius 3 is 2.69 bits per heavy atom. The number of methoxy groups -OCH3 is 1. The lowest BCUT2D eigenvalue weighted by Crippen LogP contribution is -2.23. The summed E-state index contributed by atoms with van der Waals surface area (Å²) >= 11 is 0. The zero-order valence-electron chi connectivity index (χ0n) is 16.8. The third kappa shape index (κ3) is 9.00. The smallest absolute Gasteiger partial charge is 0.305 e. The highest BCUT2D eigenvalue weighted by molar-refractivity contribution is 5.69. The number of hydrogen-bond donors (Lipinski definition) is 2. The van der Waals surface area contributed by atoms with Gasteiger partial charge >= 0.3 is 5.97 Å². The molecule has 2 N–H and O–H groups in total. The summed E-state index contributed by atoms with van der Waals surface area (Å²) in [7, 11) is 1.42. The van der Waals surface area contributed by atoms with Crippen molar-refractivity contribution in [1.29, 1.82) is 0 Å². The maximum atomic E-state index is 11.1. The van der Waals surface area contributed by atoms with Crippen molar-refractivity contribution in [2.75, 3.05) is 7.11 Å². The first-order valence-corrected chi connectivity index (χ1v) is 10.2. The summed E-state index contributed by atoms with van der Waals surface area (Å²) in [5.74, 6) is 0.380. The number of ether oxygens (including phenoxy) is 1. The van der Waals surface area contributed by atoms with E-state index in [0.29, 0.717) is 12.3 Å². The van der Waals surface area contributed by atoms with E-state index in [2.05, 4.69) is 23.8 Å². The molecule has 0 bridgehead atoms. The molecule has 0 aromatic rings. The number of rotatable bonds is 12. The van der Waals surface area contributed by atoms with Gasteiger partial charge in [0.25, 0.3) is 0 Å². The standard InChI is InChI=1S/C22H38O4/c1-4-5-10-16-22(2,25)17-15-19-18(13-14-20(19)23)11-8-6-7-9-12-21(24)26-3/h6,8,15,17-20,23,25H,4-5,7,9-14,16H2,1-3H3/b8-6-,17-15+/t18-,19?,20+,22?/m0/s1. The Bertz CT molecular complexity index is 453. The fourth-order valence-electron chi connectivity index (χ4n) is 3.63. The van der Waals surface area contributed by atoms with Gasteiger partial charge < -0.3 is 14.9 Å². The number of carbonyl (C=O) groups excluding carboxylic acids is 1. The molecule has 1 saturated carbocycles. The van der Waals surface area contributed by atoms with Crippen LogP contribution in [0.2, 0.25) is 0 Å². The molecule has 1 fully saturated rings. The lowest BCUT2D eigenvalue weighted by atomic mass is 9.88. The fraction of sp³-hybridized carbons (Fsp3) is 0.773. The van der Waals surface area contributed by atoms with Gasteiger partial charge in [-0.3, -0.25) is 4.79 Å². The molecule has 0 heterocycles. The van der Waals surface area contributed by atoms with Crippen LogP contribution >= 0.6 is 0 Å². The lowest BCUT2D eigenvalue weighted by molar-refractivity contribution is -0.140. The molecule has 0 aromatic heterocycles. The second-order valence-electron chi connectivity index (χ2n) is 7.83. The highest BCUT2D eigenvalue weighted by atomic mass is 16.5. The normalized spacial score (nSPS) is 25.8. The predicted octanol–water partition coefficient (Wildman–Crippen LogP) is 4.55. The molecule has 1 rings (SSSR count). The molecule has 1 aliphatic rings. The number of unbranched alkanes of at least 4 members (excludes halogenated alkanes) is 3. The molecular weight excluding hydrogens is 328 g/mol. The Balaban J connectivity index is 2.43. The number of allylic oxidation sites excluding steroid dienone is 2. The SMILES string of the molecule is CCCCCC(C)(O)/C=C/C1[C@@H](C/C=C\CCCC(=O)OC)CC[C@H]1O. The van der Waals surface area contributed by atoms with Crippen LogP contribution in [0.3, 0.4) is 0 Å². The Labute approximate surface area is 159 Å². The third-order valence-corrected chi connectivity index (χ3v) is 5.37. The first-order valence-electron chi connectivity index (χ1n) is 10.2. The minimum atomic E-state index is -0.786. The van der Waals surface area contributed by atoms with Crippen LogP contribution in [0.1, 0.15) is 78.1 Å². The fourth-order valence-corrected chi connectivity index (χ4v) is 3.63. The second kappa shape index (κ2) is 12.3. The van der Waals surface area contributed by atoms with Crippen molar-refractivity contribution >= 4 is 5.97 Å². The van der Waals surface area contributed by atoms with Gasteiger partial charge in [0.2, 0.25) is 0 Å². The van der Waals surface area contributed by atoms with Crippen LogP contribution in [0.15, 0.2) is 24.3 Å². The van der Waals surface area contributed by atoms with Crippen LogP contribution in [0, 0.1) is 11.8 Å². The summed E-state index contributed by atoms with van der Waals surface area (Å²) in [6, 6.07) is 0. The van der Waals surface area contributed by atoms with Gasteiger partial charge in [0.1, 0.15) is 0 Å². The van der Waals surface area contributed by atoms with Crippen LogP contribution < -0.4 is 0 Å². The van der Waals surface area contributed by atoms with E-state index in [1.54, 1.807) is 0 Å². The summed E-state index contributed by atoms with van der Waals surface area (Å²) in [6.45, 7) is 4.02. The van der Waals surface area contributed by atoms with Crippen LogP contribution in [-0.2, 0) is 9.53 Å². The summed E-state index contributed by atoms with van der Waals surface area (Å²) in [4.78, 5) is 11.1. The molecule has 1 aliphatic carbocycles. The highest BCUT2D eigenvalue weighted by Gasteiger charge is 2.32. The van der Waals surface area contributed by atoms with Crippen molar-refractivity contribution in [1.82, 2.24) is 0 Å². The molecule has 4 heteroatoms. The molecular formula is C22H38O4. The number of hydrogen-bond acceptors (Lipinski definition) is 4. The Kier molecular flexibility index (Phi) is 10.8. The predicted molar refractivity (Wildman–Crippen MR) is 106 cm³/mol. The first-order chi connectivity index (χ1) is 12.4. The Hall–Kier alpha value is -1.13. The summed E-state index contributed by atoms with van der Waals surface area (Å²) in [5, 5.41) is 20.8. The van der Waals surface area contributed by atoms with E-state index in [1.165, 1.54) is 7.11 Å². The monoisotopic (exact) mass is 366 g/mol. The third-order valence-electron chi connectivity index (χ3n) is 5.37. The molecule has 0 spiro atoms. The summed E-state index contributed by atoms with van der Waals surface area (Å²) < 4.78 is 4.63. The van der Waals surface area contributed by atoms with Gasteiger partial charge in [-0.25, -0.2) is 0 Å². The van der Waals surface area contributed by atoms with E-state index >= 15 is 0 Å². The van der Waals surface area contributed by atoms with E-state index in [4.69, 9.17) is 0 Å². The average Bonchev–Trinajstić information content (AvgIpc) is 2.96. The van der Waals surface area contributed by atoms with Gasteiger partial charge in [0, 0.05) is 12.3 Å². The van der Waals surface area contributed by atoms with Gasteiger partial charge in [-0.05, 0) is 51.4 Å². The minimum Gasteiger partial charge on any atom is -0.469 e. The molecule has 0 saturated heterocycles. The van der Waals surface area contributed by atoms with E-state index in [1.807, 2.05) is 19.1 Å². The number of carbonyl (C=O) groups is 1. The van der Waals surface area contributed by atoms with Crippen molar-refractivity contribution in [3.8, 4) is 0 Å². The van der Waals surface area contributed by atoms with Crippen LogP contribution in [-0.4, -0.2) is 35.0 Å². The zero-order chi connectivity index (χ0) is 19.4. The van der Waals surface area contributed by atoms with Gasteiger partial charge in [0.05, 0.1) is 18.8 Å². The van der Waals surface area contributed by atoms with Crippen molar-refractivity contribution in [2.24, 2.45) is 11.8 Å². The quantitative estimate of drug-likeness (QED) is 0.302. The second-order valence-corrected chi connectivity index (χ2v) is 7.83. The van der Waals surface area contributed by atoms with Gasteiger partial charge in [-0.2, -0.15) is 0 Å². The number of aliphatic hydroxyl groups excluding tert-OH is 1. The van der Waals surface area contributed by atoms with E-state index in [-0.39, 0.29) is 18.0 Å². The summed E-state index contributed by atoms with van der Waals surface area (Å²) in [5.41, 5.74) is -0.786. The van der Waals surface area contributed by atoms with Crippen LogP contribution in [0.25, 0.3) is 0 Å². The molecule has 4 nitrogen and oxygen atoms in total.